The van der Waals surface area contributed by atoms with Crippen LogP contribution in [0.25, 0.3) is 0 Å². The van der Waals surface area contributed by atoms with Gasteiger partial charge in [0.2, 0.25) is 5.91 Å². The van der Waals surface area contributed by atoms with Crippen molar-refractivity contribution in [1.29, 1.82) is 0 Å². The summed E-state index contributed by atoms with van der Waals surface area (Å²) in [7, 11) is 2.94. The third-order valence-corrected chi connectivity index (χ3v) is 5.35. The molecule has 1 heterocycles. The summed E-state index contributed by atoms with van der Waals surface area (Å²) in [5.41, 5.74) is -0.618. The Morgan fingerprint density at radius 3 is 2.57 bits per heavy atom. The molecule has 6 nitrogen and oxygen atoms in total. The molecule has 1 aromatic carbocycles. The fourth-order valence-electron chi connectivity index (χ4n) is 2.45. The second-order valence-corrected chi connectivity index (χ2v) is 6.81. The number of carbonyl (C=O) groups is 2. The van der Waals surface area contributed by atoms with E-state index in [1.807, 2.05) is 0 Å². The van der Waals surface area contributed by atoms with E-state index in [0.717, 1.165) is 5.75 Å². The highest BCUT2D eigenvalue weighted by atomic mass is 35.5. The first-order chi connectivity index (χ1) is 10.9. The fourth-order valence-corrected chi connectivity index (χ4v) is 4.13. The van der Waals surface area contributed by atoms with E-state index in [2.05, 4.69) is 5.32 Å². The fraction of sp³-hybridized carbons (Fsp3) is 0.467. The van der Waals surface area contributed by atoms with Crippen LogP contribution in [0.5, 0.6) is 11.5 Å². The third kappa shape index (κ3) is 3.84. The molecule has 0 bridgehead atoms. The molecule has 1 aliphatic rings. The molecule has 0 spiro atoms. The van der Waals surface area contributed by atoms with Gasteiger partial charge in [-0.15, -0.1) is 0 Å². The van der Waals surface area contributed by atoms with Gasteiger partial charge in [0, 0.05) is 18.2 Å². The highest BCUT2D eigenvalue weighted by Gasteiger charge is 2.43. The van der Waals surface area contributed by atoms with Gasteiger partial charge in [0.25, 0.3) is 0 Å². The molecule has 23 heavy (non-hydrogen) atoms. The second-order valence-electron chi connectivity index (χ2n) is 5.30. The maximum absolute atomic E-state index is 12.3. The number of rotatable bonds is 6. The Balaban J connectivity index is 2.17. The summed E-state index contributed by atoms with van der Waals surface area (Å²) in [5, 5.41) is 12.4. The van der Waals surface area contributed by atoms with Crippen LogP contribution in [-0.4, -0.2) is 42.7 Å². The lowest BCUT2D eigenvalue weighted by molar-refractivity contribution is -0.149. The lowest BCUT2D eigenvalue weighted by Gasteiger charge is -2.22. The Morgan fingerprint density at radius 2 is 2.04 bits per heavy atom. The minimum Gasteiger partial charge on any atom is -0.495 e. The number of carbonyl (C=O) groups excluding carboxylic acids is 1. The number of nitrogens with one attached hydrogen (secondary N) is 1. The highest BCUT2D eigenvalue weighted by molar-refractivity contribution is 7.99. The lowest BCUT2D eigenvalue weighted by atomic mass is 9.84. The molecule has 1 saturated heterocycles. The van der Waals surface area contributed by atoms with Gasteiger partial charge in [-0.2, -0.15) is 11.8 Å². The predicted octanol–water partition coefficient (Wildman–Crippen LogP) is 2.89. The predicted molar refractivity (Wildman–Crippen MR) is 89.8 cm³/mol. The smallest absolute Gasteiger partial charge is 0.311 e. The summed E-state index contributed by atoms with van der Waals surface area (Å²) >= 11 is 7.61. The molecule has 0 aromatic heterocycles. The van der Waals surface area contributed by atoms with Crippen molar-refractivity contribution in [1.82, 2.24) is 0 Å². The van der Waals surface area contributed by atoms with Gasteiger partial charge in [0.05, 0.1) is 30.3 Å². The number of thioether (sulfide) groups is 1. The monoisotopic (exact) mass is 359 g/mol. The van der Waals surface area contributed by atoms with Crippen LogP contribution in [0.1, 0.15) is 12.8 Å². The number of halogens is 1. The Hall–Kier alpha value is -1.60. The van der Waals surface area contributed by atoms with Crippen LogP contribution in [0.3, 0.4) is 0 Å². The molecule has 0 saturated carbocycles. The van der Waals surface area contributed by atoms with Crippen LogP contribution < -0.4 is 14.8 Å². The van der Waals surface area contributed by atoms with Gasteiger partial charge in [-0.05, 0) is 18.2 Å². The largest absolute Gasteiger partial charge is 0.495 e. The molecule has 1 amide bonds. The summed E-state index contributed by atoms with van der Waals surface area (Å²) < 4.78 is 10.3. The second kappa shape index (κ2) is 7.31. The summed E-state index contributed by atoms with van der Waals surface area (Å²) in [4.78, 5) is 23.8. The van der Waals surface area contributed by atoms with Gasteiger partial charge in [-0.3, -0.25) is 9.59 Å². The standard InChI is InChI=1S/C15H18ClNO5S/c1-21-11-6-12(22-2)10(5-9(11)16)17-13(18)7-15(14(19)20)3-4-23-8-15/h5-6H,3-4,7-8H2,1-2H3,(H,17,18)(H,19,20). The van der Waals surface area contributed by atoms with E-state index in [0.29, 0.717) is 34.4 Å². The number of ether oxygens (including phenoxy) is 2. The molecule has 1 unspecified atom stereocenters. The van der Waals surface area contributed by atoms with Gasteiger partial charge >= 0.3 is 5.97 Å². The summed E-state index contributed by atoms with van der Waals surface area (Å²) in [5.74, 6) is 0.695. The van der Waals surface area contributed by atoms with Crippen LogP contribution in [-0.2, 0) is 9.59 Å². The van der Waals surface area contributed by atoms with E-state index in [-0.39, 0.29) is 12.3 Å². The summed E-state index contributed by atoms with van der Waals surface area (Å²) in [6.07, 6.45) is 0.406. The summed E-state index contributed by atoms with van der Waals surface area (Å²) in [6.45, 7) is 0. The SMILES string of the molecule is COc1cc(OC)c(NC(=O)CC2(C(=O)O)CCSC2)cc1Cl. The lowest BCUT2D eigenvalue weighted by Crippen LogP contribution is -2.35. The number of hydrogen-bond donors (Lipinski definition) is 2. The molecular weight excluding hydrogens is 342 g/mol. The quantitative estimate of drug-likeness (QED) is 0.812. The molecular formula is C15H18ClNO5S. The third-order valence-electron chi connectivity index (χ3n) is 3.80. The number of aliphatic carboxylic acids is 1. The van der Waals surface area contributed by atoms with Gasteiger partial charge in [-0.25, -0.2) is 0 Å². The zero-order valence-corrected chi connectivity index (χ0v) is 14.4. The first kappa shape index (κ1) is 17.7. The van der Waals surface area contributed by atoms with E-state index in [1.165, 1.54) is 20.3 Å². The van der Waals surface area contributed by atoms with Crippen LogP contribution in [0.15, 0.2) is 12.1 Å². The average molecular weight is 360 g/mol. The van der Waals surface area contributed by atoms with Gasteiger partial charge in [0.15, 0.2) is 0 Å². The van der Waals surface area contributed by atoms with Gasteiger partial charge in [0.1, 0.15) is 11.5 Å². The Labute approximate surface area is 143 Å². The minimum atomic E-state index is -1.00. The molecule has 1 atom stereocenters. The molecule has 2 N–H and O–H groups in total. The van der Waals surface area contributed by atoms with Crippen molar-refractivity contribution in [2.24, 2.45) is 5.41 Å². The first-order valence-electron chi connectivity index (χ1n) is 6.94. The number of benzene rings is 1. The van der Waals surface area contributed by atoms with Gasteiger partial charge < -0.3 is 19.9 Å². The van der Waals surface area contributed by atoms with Crippen LogP contribution in [0.4, 0.5) is 5.69 Å². The molecule has 2 rings (SSSR count). The van der Waals surface area contributed by atoms with E-state index in [1.54, 1.807) is 17.8 Å². The van der Waals surface area contributed by atoms with Crippen molar-refractivity contribution in [2.45, 2.75) is 12.8 Å². The number of amides is 1. The maximum Gasteiger partial charge on any atom is 0.311 e. The van der Waals surface area contributed by atoms with Crippen LogP contribution in [0.2, 0.25) is 5.02 Å². The van der Waals surface area contributed by atoms with Crippen molar-refractivity contribution in [3.8, 4) is 11.5 Å². The molecule has 126 valence electrons. The number of methoxy groups -OCH3 is 2. The first-order valence-corrected chi connectivity index (χ1v) is 8.47. The Kier molecular flexibility index (Phi) is 5.64. The summed E-state index contributed by atoms with van der Waals surface area (Å²) in [6, 6.07) is 3.09. The van der Waals surface area contributed by atoms with Crippen molar-refractivity contribution >= 4 is 40.9 Å². The zero-order valence-electron chi connectivity index (χ0n) is 12.8. The van der Waals surface area contributed by atoms with Crippen molar-refractivity contribution < 1.29 is 24.2 Å². The normalized spacial score (nSPS) is 20.1. The Bertz CT molecular complexity index is 616. The maximum atomic E-state index is 12.3. The van der Waals surface area contributed by atoms with E-state index in [4.69, 9.17) is 21.1 Å². The van der Waals surface area contributed by atoms with Crippen molar-refractivity contribution in [2.75, 3.05) is 31.0 Å². The Morgan fingerprint density at radius 1 is 1.35 bits per heavy atom. The molecule has 0 radical (unpaired) electrons. The molecule has 0 aliphatic carbocycles. The highest BCUT2D eigenvalue weighted by Crippen LogP contribution is 2.40. The number of anilines is 1. The molecule has 1 fully saturated rings. The number of hydrogen-bond acceptors (Lipinski definition) is 5. The topological polar surface area (TPSA) is 84.9 Å². The minimum absolute atomic E-state index is 0.0812. The van der Waals surface area contributed by atoms with Gasteiger partial charge in [-0.1, -0.05) is 11.6 Å². The van der Waals surface area contributed by atoms with E-state index >= 15 is 0 Å². The van der Waals surface area contributed by atoms with Crippen molar-refractivity contribution in [3.05, 3.63) is 17.2 Å². The van der Waals surface area contributed by atoms with Crippen molar-refractivity contribution in [3.63, 3.8) is 0 Å². The van der Waals surface area contributed by atoms with E-state index < -0.39 is 11.4 Å². The molecule has 8 heteroatoms. The molecule has 1 aliphatic heterocycles. The number of carboxylic acids is 1. The van der Waals surface area contributed by atoms with E-state index in [9.17, 15) is 14.7 Å². The zero-order chi connectivity index (χ0) is 17.0. The molecule has 1 aromatic rings. The van der Waals surface area contributed by atoms with Crippen LogP contribution >= 0.6 is 23.4 Å². The number of carboxylic acid groups (broad SMARTS) is 1. The average Bonchev–Trinajstić information content (AvgIpc) is 2.97. The van der Waals surface area contributed by atoms with Crippen LogP contribution in [0, 0.1) is 5.41 Å².